The highest BCUT2D eigenvalue weighted by Gasteiger charge is 2.26. The van der Waals surface area contributed by atoms with Crippen LogP contribution in [0, 0.1) is 6.92 Å². The SMILES string of the molecule is Cc1cccc(Cn2cnc3c(cnn3CCNC(=O)C3CCC(=O)N3)c2=O)c1. The summed E-state index contributed by atoms with van der Waals surface area (Å²) >= 11 is 0. The summed E-state index contributed by atoms with van der Waals surface area (Å²) in [5.41, 5.74) is 2.50. The Morgan fingerprint density at radius 3 is 2.97 bits per heavy atom. The maximum absolute atomic E-state index is 12.8. The van der Waals surface area contributed by atoms with Gasteiger partial charge in [-0.15, -0.1) is 0 Å². The zero-order chi connectivity index (χ0) is 20.4. The second-order valence-electron chi connectivity index (χ2n) is 7.22. The Morgan fingerprint density at radius 1 is 1.34 bits per heavy atom. The molecule has 0 saturated carbocycles. The van der Waals surface area contributed by atoms with E-state index < -0.39 is 6.04 Å². The first-order valence-corrected chi connectivity index (χ1v) is 9.55. The lowest BCUT2D eigenvalue weighted by Gasteiger charge is -2.11. The Labute approximate surface area is 166 Å². The van der Waals surface area contributed by atoms with Crippen LogP contribution in [-0.2, 0) is 22.7 Å². The largest absolute Gasteiger partial charge is 0.352 e. The van der Waals surface area contributed by atoms with Crippen molar-refractivity contribution in [3.8, 4) is 0 Å². The van der Waals surface area contributed by atoms with Crippen LogP contribution in [0.25, 0.3) is 11.0 Å². The number of hydrogen-bond acceptors (Lipinski definition) is 5. The van der Waals surface area contributed by atoms with Gasteiger partial charge >= 0.3 is 0 Å². The summed E-state index contributed by atoms with van der Waals surface area (Å²) in [5, 5.41) is 10.1. The summed E-state index contributed by atoms with van der Waals surface area (Å²) in [6, 6.07) is 7.52. The molecule has 9 heteroatoms. The molecule has 1 aliphatic rings. The van der Waals surface area contributed by atoms with E-state index in [-0.39, 0.29) is 17.4 Å². The number of carbonyl (C=O) groups excluding carboxylic acids is 2. The van der Waals surface area contributed by atoms with Crippen molar-refractivity contribution < 1.29 is 9.59 Å². The van der Waals surface area contributed by atoms with Crippen molar-refractivity contribution in [1.82, 2.24) is 30.0 Å². The quantitative estimate of drug-likeness (QED) is 0.627. The molecule has 0 spiro atoms. The van der Waals surface area contributed by atoms with E-state index >= 15 is 0 Å². The van der Waals surface area contributed by atoms with Crippen molar-refractivity contribution in [2.45, 2.75) is 38.9 Å². The number of rotatable bonds is 6. The molecule has 2 N–H and O–H groups in total. The minimum atomic E-state index is -0.469. The van der Waals surface area contributed by atoms with Crippen molar-refractivity contribution in [3.05, 3.63) is 58.3 Å². The maximum atomic E-state index is 12.8. The predicted molar refractivity (Wildman–Crippen MR) is 106 cm³/mol. The van der Waals surface area contributed by atoms with Gasteiger partial charge in [-0.2, -0.15) is 5.10 Å². The fraction of sp³-hybridized carbons (Fsp3) is 0.350. The predicted octanol–water partition coefficient (Wildman–Crippen LogP) is 0.345. The molecule has 0 aliphatic carbocycles. The first kappa shape index (κ1) is 18.9. The smallest absolute Gasteiger partial charge is 0.264 e. The minimum Gasteiger partial charge on any atom is -0.352 e. The summed E-state index contributed by atoms with van der Waals surface area (Å²) < 4.78 is 3.16. The van der Waals surface area contributed by atoms with Crippen LogP contribution < -0.4 is 16.2 Å². The van der Waals surface area contributed by atoms with E-state index in [9.17, 15) is 14.4 Å². The lowest BCUT2D eigenvalue weighted by atomic mass is 10.1. The van der Waals surface area contributed by atoms with Gasteiger partial charge in [0.15, 0.2) is 5.65 Å². The third-order valence-electron chi connectivity index (χ3n) is 4.99. The second-order valence-corrected chi connectivity index (χ2v) is 7.22. The van der Waals surface area contributed by atoms with Gasteiger partial charge in [-0.05, 0) is 18.9 Å². The van der Waals surface area contributed by atoms with Crippen LogP contribution in [0.4, 0.5) is 0 Å². The number of nitrogens with one attached hydrogen (secondary N) is 2. The monoisotopic (exact) mass is 394 g/mol. The summed E-state index contributed by atoms with van der Waals surface area (Å²) in [4.78, 5) is 40.4. The molecule has 0 bridgehead atoms. The van der Waals surface area contributed by atoms with E-state index in [0.29, 0.717) is 43.5 Å². The summed E-state index contributed by atoms with van der Waals surface area (Å²) in [6.07, 6.45) is 3.92. The fourth-order valence-corrected chi connectivity index (χ4v) is 3.50. The lowest BCUT2D eigenvalue weighted by molar-refractivity contribution is -0.125. The van der Waals surface area contributed by atoms with Gasteiger partial charge in [0.2, 0.25) is 11.8 Å². The molecule has 1 aliphatic heterocycles. The Hall–Kier alpha value is -3.49. The number of amides is 2. The molecule has 29 heavy (non-hydrogen) atoms. The molecule has 4 rings (SSSR count). The lowest BCUT2D eigenvalue weighted by Crippen LogP contribution is -2.42. The molecule has 3 aromatic rings. The van der Waals surface area contributed by atoms with Crippen molar-refractivity contribution in [3.63, 3.8) is 0 Å². The summed E-state index contributed by atoms with van der Waals surface area (Å²) in [5.74, 6) is -0.310. The van der Waals surface area contributed by atoms with Crippen LogP contribution in [0.5, 0.6) is 0 Å². The van der Waals surface area contributed by atoms with Crippen molar-refractivity contribution >= 4 is 22.8 Å². The molecule has 1 fully saturated rings. The maximum Gasteiger partial charge on any atom is 0.264 e. The average molecular weight is 394 g/mol. The molecular weight excluding hydrogens is 372 g/mol. The third kappa shape index (κ3) is 4.03. The zero-order valence-electron chi connectivity index (χ0n) is 16.1. The second kappa shape index (κ2) is 7.86. The Kier molecular flexibility index (Phi) is 5.11. The first-order valence-electron chi connectivity index (χ1n) is 9.55. The molecule has 150 valence electrons. The van der Waals surface area contributed by atoms with Gasteiger partial charge in [0.1, 0.15) is 17.8 Å². The van der Waals surface area contributed by atoms with Crippen LogP contribution >= 0.6 is 0 Å². The van der Waals surface area contributed by atoms with Gasteiger partial charge < -0.3 is 10.6 Å². The van der Waals surface area contributed by atoms with Crippen LogP contribution in [0.1, 0.15) is 24.0 Å². The molecule has 9 nitrogen and oxygen atoms in total. The fourth-order valence-electron chi connectivity index (χ4n) is 3.50. The van der Waals surface area contributed by atoms with Gasteiger partial charge in [0.25, 0.3) is 5.56 Å². The van der Waals surface area contributed by atoms with E-state index in [1.165, 1.54) is 12.5 Å². The highest BCUT2D eigenvalue weighted by atomic mass is 16.2. The normalized spacial score (nSPS) is 16.2. The number of hydrogen-bond donors (Lipinski definition) is 2. The molecular formula is C20H22N6O3. The number of benzene rings is 1. The topological polar surface area (TPSA) is 111 Å². The van der Waals surface area contributed by atoms with Crippen LogP contribution in [-0.4, -0.2) is 43.7 Å². The molecule has 3 heterocycles. The van der Waals surface area contributed by atoms with Gasteiger partial charge in [-0.1, -0.05) is 29.8 Å². The Bertz CT molecular complexity index is 1130. The minimum absolute atomic E-state index is 0.102. The molecule has 1 unspecified atom stereocenters. The van der Waals surface area contributed by atoms with Gasteiger partial charge in [-0.25, -0.2) is 9.67 Å². The number of nitrogens with zero attached hydrogens (tertiary/aromatic N) is 4. The van der Waals surface area contributed by atoms with Crippen LogP contribution in [0.3, 0.4) is 0 Å². The Morgan fingerprint density at radius 2 is 2.21 bits per heavy atom. The zero-order valence-corrected chi connectivity index (χ0v) is 16.1. The van der Waals surface area contributed by atoms with Crippen LogP contribution in [0.2, 0.25) is 0 Å². The standard InChI is InChI=1S/C20H22N6O3/c1-13-3-2-4-14(9-13)11-25-12-22-18-15(20(25)29)10-23-26(18)8-7-21-19(28)16-5-6-17(27)24-16/h2-4,9-10,12,16H,5-8,11H2,1H3,(H,21,28)(H,24,27). The highest BCUT2D eigenvalue weighted by Crippen LogP contribution is 2.09. The number of aryl methyl sites for hydroxylation is 1. The van der Waals surface area contributed by atoms with Gasteiger partial charge in [0, 0.05) is 13.0 Å². The molecule has 1 saturated heterocycles. The van der Waals surface area contributed by atoms with Crippen molar-refractivity contribution in [1.29, 1.82) is 0 Å². The third-order valence-corrected chi connectivity index (χ3v) is 4.99. The van der Waals surface area contributed by atoms with E-state index in [1.807, 2.05) is 31.2 Å². The number of fused-ring (bicyclic) bond motifs is 1. The van der Waals surface area contributed by atoms with E-state index in [0.717, 1.165) is 11.1 Å². The average Bonchev–Trinajstić information content (AvgIpc) is 3.31. The molecule has 0 radical (unpaired) electrons. The van der Waals surface area contributed by atoms with Gasteiger partial charge in [0.05, 0.1) is 19.3 Å². The Balaban J connectivity index is 1.44. The number of aromatic nitrogens is 4. The van der Waals surface area contributed by atoms with Crippen molar-refractivity contribution in [2.75, 3.05) is 6.54 Å². The van der Waals surface area contributed by atoms with E-state index in [1.54, 1.807) is 9.25 Å². The first-order chi connectivity index (χ1) is 14.0. The summed E-state index contributed by atoms with van der Waals surface area (Å²) in [7, 11) is 0. The molecule has 2 amide bonds. The van der Waals surface area contributed by atoms with E-state index in [2.05, 4.69) is 20.7 Å². The molecule has 1 atom stereocenters. The number of carbonyl (C=O) groups is 2. The van der Waals surface area contributed by atoms with Crippen molar-refractivity contribution in [2.24, 2.45) is 0 Å². The highest BCUT2D eigenvalue weighted by molar-refractivity contribution is 5.90. The van der Waals surface area contributed by atoms with Gasteiger partial charge in [-0.3, -0.25) is 19.0 Å². The van der Waals surface area contributed by atoms with Crippen LogP contribution in [0.15, 0.2) is 41.6 Å². The molecule has 1 aromatic carbocycles. The molecule has 2 aromatic heterocycles. The van der Waals surface area contributed by atoms with E-state index in [4.69, 9.17) is 0 Å². The summed E-state index contributed by atoms with van der Waals surface area (Å²) in [6.45, 7) is 3.16.